The van der Waals surface area contributed by atoms with Crippen molar-refractivity contribution in [2.75, 3.05) is 0 Å². The van der Waals surface area contributed by atoms with Crippen molar-refractivity contribution in [3.05, 3.63) is 49.6 Å². The molecule has 0 atom stereocenters. The summed E-state index contributed by atoms with van der Waals surface area (Å²) in [6.07, 6.45) is 2.87. The molecule has 0 N–H and O–H groups in total. The van der Waals surface area contributed by atoms with Gasteiger partial charge >= 0.3 is 0 Å². The van der Waals surface area contributed by atoms with Crippen LogP contribution in [0.3, 0.4) is 0 Å². The zero-order chi connectivity index (χ0) is 12.4. The Labute approximate surface area is 91.7 Å². The zero-order valence-electron chi connectivity index (χ0n) is 9.51. The predicted octanol–water partition coefficient (Wildman–Crippen LogP) is 3.03. The first-order chi connectivity index (χ1) is 6.84. The number of carbonyl (C=O) groups excluding carboxylic acids is 2. The van der Waals surface area contributed by atoms with E-state index in [0.717, 1.165) is 5.57 Å². The van der Waals surface area contributed by atoms with Gasteiger partial charge in [0, 0.05) is 6.42 Å². The first kappa shape index (κ1) is 15.8. The van der Waals surface area contributed by atoms with Gasteiger partial charge in [0.1, 0.15) is 0 Å². The summed E-state index contributed by atoms with van der Waals surface area (Å²) < 4.78 is 0. The lowest BCUT2D eigenvalue weighted by Gasteiger charge is -1.95. The van der Waals surface area contributed by atoms with Gasteiger partial charge in [0.25, 0.3) is 0 Å². The van der Waals surface area contributed by atoms with Crippen LogP contribution in [-0.2, 0) is 9.59 Å². The van der Waals surface area contributed by atoms with Crippen LogP contribution in [0.15, 0.2) is 49.6 Å². The summed E-state index contributed by atoms with van der Waals surface area (Å²) in [4.78, 5) is 20.7. The lowest BCUT2D eigenvalue weighted by Crippen LogP contribution is -1.97. The molecule has 2 nitrogen and oxygen atoms in total. The van der Waals surface area contributed by atoms with Crippen molar-refractivity contribution in [1.29, 1.82) is 0 Å². The molecule has 0 saturated carbocycles. The third-order valence-electron chi connectivity index (χ3n) is 1.34. The zero-order valence-corrected chi connectivity index (χ0v) is 9.51. The molecule has 0 amide bonds. The number of hydrogen-bond acceptors (Lipinski definition) is 2. The van der Waals surface area contributed by atoms with E-state index in [1.54, 1.807) is 6.92 Å². The number of allylic oxidation sites excluding steroid dienone is 4. The van der Waals surface area contributed by atoms with Crippen LogP contribution >= 0.6 is 0 Å². The van der Waals surface area contributed by atoms with Gasteiger partial charge in [0.2, 0.25) is 0 Å². The molecule has 15 heavy (non-hydrogen) atoms. The van der Waals surface area contributed by atoms with Crippen LogP contribution in [0.4, 0.5) is 0 Å². The summed E-state index contributed by atoms with van der Waals surface area (Å²) in [5.41, 5.74) is 1.50. The largest absolute Gasteiger partial charge is 0.294 e. The Morgan fingerprint density at radius 3 is 1.53 bits per heavy atom. The molecule has 82 valence electrons. The van der Waals surface area contributed by atoms with E-state index in [1.165, 1.54) is 12.2 Å². The van der Waals surface area contributed by atoms with E-state index in [0.29, 0.717) is 12.0 Å². The molecule has 0 rings (SSSR count). The van der Waals surface area contributed by atoms with Crippen molar-refractivity contribution in [2.45, 2.75) is 20.3 Å². The molecule has 0 saturated heterocycles. The van der Waals surface area contributed by atoms with Crippen LogP contribution in [0.2, 0.25) is 0 Å². The summed E-state index contributed by atoms with van der Waals surface area (Å²) in [6.45, 7) is 17.1. The summed E-state index contributed by atoms with van der Waals surface area (Å²) in [5, 5.41) is 0. The van der Waals surface area contributed by atoms with Crippen LogP contribution in [0.5, 0.6) is 0 Å². The maximum Gasteiger partial charge on any atom is 0.177 e. The van der Waals surface area contributed by atoms with E-state index in [2.05, 4.69) is 26.3 Å². The van der Waals surface area contributed by atoms with Gasteiger partial charge in [-0.05, 0) is 31.6 Å². The quantitative estimate of drug-likeness (QED) is 0.512. The van der Waals surface area contributed by atoms with Crippen LogP contribution in [-0.4, -0.2) is 11.6 Å². The second kappa shape index (κ2) is 8.88. The Balaban J connectivity index is 0. The van der Waals surface area contributed by atoms with E-state index < -0.39 is 0 Å². The van der Waals surface area contributed by atoms with Crippen molar-refractivity contribution >= 4 is 11.6 Å². The normalized spacial score (nSPS) is 7.87. The van der Waals surface area contributed by atoms with Crippen molar-refractivity contribution in [2.24, 2.45) is 0 Å². The molecule has 0 aliphatic heterocycles. The number of ketones is 2. The second-order valence-corrected chi connectivity index (χ2v) is 3.15. The lowest BCUT2D eigenvalue weighted by molar-refractivity contribution is -0.115. The van der Waals surface area contributed by atoms with Gasteiger partial charge in [0.15, 0.2) is 11.6 Å². The summed E-state index contributed by atoms with van der Waals surface area (Å²) in [5.74, 6) is -0.0440. The van der Waals surface area contributed by atoms with Gasteiger partial charge in [-0.25, -0.2) is 0 Å². The van der Waals surface area contributed by atoms with Gasteiger partial charge in [-0.1, -0.05) is 31.9 Å². The van der Waals surface area contributed by atoms with Crippen LogP contribution in [0.25, 0.3) is 0 Å². The standard InChI is InChI=1S/C8H12O.C5H6O/c1-6(2)5-8(9)7(3)4;1-3-5(6)4-2/h1,3,5H2,2,4H3;3-4H,1-2H2. The molecular weight excluding hydrogens is 188 g/mol. The molecule has 2 heteroatoms. The van der Waals surface area contributed by atoms with Gasteiger partial charge in [-0.2, -0.15) is 0 Å². The maximum atomic E-state index is 10.8. The molecule has 0 aromatic carbocycles. The van der Waals surface area contributed by atoms with Crippen molar-refractivity contribution in [1.82, 2.24) is 0 Å². The first-order valence-corrected chi connectivity index (χ1v) is 4.47. The average molecular weight is 206 g/mol. The SMILES string of the molecule is C=C(C)CC(=O)C(=C)C.C=CC(=O)C=C. The van der Waals surface area contributed by atoms with Gasteiger partial charge in [0.05, 0.1) is 0 Å². The average Bonchev–Trinajstić information content (AvgIpc) is 2.16. The van der Waals surface area contributed by atoms with Crippen LogP contribution in [0, 0.1) is 0 Å². The van der Waals surface area contributed by atoms with E-state index in [4.69, 9.17) is 0 Å². The number of rotatable bonds is 5. The van der Waals surface area contributed by atoms with Crippen LogP contribution < -0.4 is 0 Å². The first-order valence-electron chi connectivity index (χ1n) is 4.47. The highest BCUT2D eigenvalue weighted by Gasteiger charge is 2.00. The maximum absolute atomic E-state index is 10.8. The van der Waals surface area contributed by atoms with Gasteiger partial charge in [-0.3, -0.25) is 9.59 Å². The fraction of sp³-hybridized carbons (Fsp3) is 0.231. The van der Waals surface area contributed by atoms with E-state index >= 15 is 0 Å². The van der Waals surface area contributed by atoms with Crippen LogP contribution in [0.1, 0.15) is 20.3 Å². The minimum atomic E-state index is -0.130. The molecule has 0 aliphatic carbocycles. The van der Waals surface area contributed by atoms with Crippen molar-refractivity contribution in [3.8, 4) is 0 Å². The second-order valence-electron chi connectivity index (χ2n) is 3.15. The summed E-state index contributed by atoms with van der Waals surface area (Å²) >= 11 is 0. The monoisotopic (exact) mass is 206 g/mol. The Hall–Kier alpha value is -1.70. The summed E-state index contributed by atoms with van der Waals surface area (Å²) in [6, 6.07) is 0. The van der Waals surface area contributed by atoms with E-state index in [9.17, 15) is 9.59 Å². The number of carbonyl (C=O) groups is 2. The van der Waals surface area contributed by atoms with E-state index in [1.807, 2.05) is 6.92 Å². The van der Waals surface area contributed by atoms with Crippen molar-refractivity contribution in [3.63, 3.8) is 0 Å². The molecule has 0 aliphatic rings. The van der Waals surface area contributed by atoms with Gasteiger partial charge < -0.3 is 0 Å². The highest BCUT2D eigenvalue weighted by molar-refractivity contribution is 5.98. The Morgan fingerprint density at radius 1 is 1.07 bits per heavy atom. The Bertz CT molecular complexity index is 286. The number of hydrogen-bond donors (Lipinski definition) is 0. The fourth-order valence-electron chi connectivity index (χ4n) is 0.508. The van der Waals surface area contributed by atoms with E-state index in [-0.39, 0.29) is 11.6 Å². The molecule has 0 fully saturated rings. The number of Topliss-reactive ketones (excluding diaryl/α,β-unsaturated/α-hetero) is 1. The molecular formula is C13H18O2. The summed E-state index contributed by atoms with van der Waals surface area (Å²) in [7, 11) is 0. The Kier molecular flexibility index (Phi) is 9.33. The topological polar surface area (TPSA) is 34.1 Å². The fourth-order valence-corrected chi connectivity index (χ4v) is 0.508. The van der Waals surface area contributed by atoms with Crippen molar-refractivity contribution < 1.29 is 9.59 Å². The molecule has 0 aromatic heterocycles. The molecule has 0 heterocycles. The highest BCUT2D eigenvalue weighted by atomic mass is 16.1. The predicted molar refractivity (Wildman–Crippen MR) is 64.7 cm³/mol. The van der Waals surface area contributed by atoms with Gasteiger partial charge in [-0.15, -0.1) is 0 Å². The molecule has 0 bridgehead atoms. The third-order valence-corrected chi connectivity index (χ3v) is 1.34. The minimum absolute atomic E-state index is 0.0856. The molecule has 0 spiro atoms. The highest BCUT2D eigenvalue weighted by Crippen LogP contribution is 2.01. The minimum Gasteiger partial charge on any atom is -0.294 e. The molecule has 0 radical (unpaired) electrons. The molecule has 0 aromatic rings. The Morgan fingerprint density at radius 2 is 1.47 bits per heavy atom. The lowest BCUT2D eigenvalue weighted by atomic mass is 10.1. The smallest absolute Gasteiger partial charge is 0.177 e. The molecule has 0 unspecified atom stereocenters. The third kappa shape index (κ3) is 12.3.